The van der Waals surface area contributed by atoms with Gasteiger partial charge < -0.3 is 28.7 Å². The maximum absolute atomic E-state index is 13.7. The number of ether oxygens (including phenoxy) is 3. The van der Waals surface area contributed by atoms with E-state index in [-0.39, 0.29) is 41.7 Å². The first-order chi connectivity index (χ1) is 19.0. The van der Waals surface area contributed by atoms with Gasteiger partial charge >= 0.3 is 5.97 Å². The minimum Gasteiger partial charge on any atom is -0.491 e. The third-order valence-electron chi connectivity index (χ3n) is 7.96. The first-order valence-electron chi connectivity index (χ1n) is 14.0. The number of carbonyl (C=O) groups is 2. The Hall–Kier alpha value is -2.98. The van der Waals surface area contributed by atoms with E-state index in [0.717, 1.165) is 16.6 Å². The summed E-state index contributed by atoms with van der Waals surface area (Å²) in [6.45, 7) is 18.9. The molecular formula is C32H40NO7Si. The van der Waals surface area contributed by atoms with Crippen molar-refractivity contribution in [1.82, 2.24) is 4.98 Å². The molecule has 0 bridgehead atoms. The standard InChI is InChI=1S/C32H40NO7Si/c1-30(2,3)28(40-41(8)9)26-23(38-32(6,7)39-26)16-37-18-11-13-19-21(15-18)31(4,5)27-24(25(19)34)20-12-10-17(29(35)36)14-22(20)33-27/h10-15,23,26,28,33H,16H2,1-9H3,(H,35,36). The predicted molar refractivity (Wildman–Crippen MR) is 158 cm³/mol. The van der Waals surface area contributed by atoms with Gasteiger partial charge in [-0.3, -0.25) is 4.79 Å². The topological polar surface area (TPSA) is 107 Å². The lowest BCUT2D eigenvalue weighted by Gasteiger charge is -2.37. The van der Waals surface area contributed by atoms with E-state index in [1.54, 1.807) is 12.1 Å². The van der Waals surface area contributed by atoms with Crippen LogP contribution in [-0.4, -0.2) is 61.6 Å². The second-order valence-electron chi connectivity index (χ2n) is 13.4. The van der Waals surface area contributed by atoms with Crippen molar-refractivity contribution >= 4 is 31.7 Å². The van der Waals surface area contributed by atoms with Crippen LogP contribution in [0.15, 0.2) is 36.4 Å². The molecule has 1 saturated heterocycles. The first-order valence-corrected chi connectivity index (χ1v) is 16.4. The molecule has 3 aromatic rings. The summed E-state index contributed by atoms with van der Waals surface area (Å²) >= 11 is 0. The number of carbonyl (C=O) groups excluding carboxylic acids is 1. The zero-order chi connectivity index (χ0) is 30.1. The Morgan fingerprint density at radius 2 is 1.80 bits per heavy atom. The van der Waals surface area contributed by atoms with Crippen molar-refractivity contribution < 1.29 is 33.3 Å². The summed E-state index contributed by atoms with van der Waals surface area (Å²) in [5.41, 5.74) is 2.90. The van der Waals surface area contributed by atoms with Crippen LogP contribution in [0.25, 0.3) is 10.9 Å². The number of aromatic nitrogens is 1. The van der Waals surface area contributed by atoms with Gasteiger partial charge in [0.1, 0.15) is 24.6 Å². The maximum Gasteiger partial charge on any atom is 0.335 e. The van der Waals surface area contributed by atoms with Crippen molar-refractivity contribution in [2.75, 3.05) is 6.61 Å². The van der Waals surface area contributed by atoms with Crippen LogP contribution in [0.1, 0.15) is 86.0 Å². The van der Waals surface area contributed by atoms with Gasteiger partial charge in [-0.15, -0.1) is 0 Å². The number of carboxylic acid groups (broad SMARTS) is 1. The molecule has 0 saturated carbocycles. The first kappa shape index (κ1) is 29.5. The predicted octanol–water partition coefficient (Wildman–Crippen LogP) is 6.32. The van der Waals surface area contributed by atoms with Crippen LogP contribution in [0.2, 0.25) is 13.1 Å². The summed E-state index contributed by atoms with van der Waals surface area (Å²) in [6.07, 6.45) is -0.806. The number of hydrogen-bond acceptors (Lipinski definition) is 6. The molecule has 1 aromatic heterocycles. The quantitative estimate of drug-likeness (QED) is 0.316. The van der Waals surface area contributed by atoms with E-state index < -0.39 is 26.2 Å². The minimum atomic E-state index is -1.01. The Balaban J connectivity index is 1.44. The number of ketones is 1. The number of rotatable bonds is 7. The third-order valence-corrected chi connectivity index (χ3v) is 8.68. The molecule has 1 aliphatic carbocycles. The zero-order valence-corrected chi connectivity index (χ0v) is 26.3. The molecule has 1 aliphatic heterocycles. The van der Waals surface area contributed by atoms with E-state index in [2.05, 4.69) is 52.7 Å². The summed E-state index contributed by atoms with van der Waals surface area (Å²) in [6, 6.07) is 10.4. The molecule has 0 amide bonds. The monoisotopic (exact) mass is 578 g/mol. The minimum absolute atomic E-state index is 0.0913. The number of aromatic amines is 1. The van der Waals surface area contributed by atoms with Gasteiger partial charge in [0.2, 0.25) is 9.04 Å². The van der Waals surface area contributed by atoms with Crippen LogP contribution < -0.4 is 4.74 Å². The highest BCUT2D eigenvalue weighted by Gasteiger charge is 2.49. The van der Waals surface area contributed by atoms with Gasteiger partial charge in [-0.2, -0.15) is 0 Å². The number of hydrogen-bond donors (Lipinski definition) is 2. The molecule has 5 rings (SSSR count). The van der Waals surface area contributed by atoms with Gasteiger partial charge in [0.05, 0.1) is 17.2 Å². The van der Waals surface area contributed by atoms with Crippen LogP contribution >= 0.6 is 0 Å². The highest BCUT2D eigenvalue weighted by molar-refractivity contribution is 6.48. The van der Waals surface area contributed by atoms with Crippen molar-refractivity contribution in [2.45, 2.75) is 91.1 Å². The van der Waals surface area contributed by atoms with Crippen LogP contribution in [0.4, 0.5) is 0 Å². The van der Waals surface area contributed by atoms with Crippen LogP contribution in [0.5, 0.6) is 5.75 Å². The smallest absolute Gasteiger partial charge is 0.335 e. The maximum atomic E-state index is 13.7. The van der Waals surface area contributed by atoms with Crippen molar-refractivity contribution in [3.8, 4) is 5.75 Å². The zero-order valence-electron chi connectivity index (χ0n) is 25.3. The molecule has 3 unspecified atom stereocenters. The fourth-order valence-electron chi connectivity index (χ4n) is 6.05. The van der Waals surface area contributed by atoms with E-state index in [9.17, 15) is 14.7 Å². The second kappa shape index (κ2) is 10.1. The van der Waals surface area contributed by atoms with E-state index in [1.807, 2.05) is 32.0 Å². The van der Waals surface area contributed by atoms with Crippen LogP contribution in [0.3, 0.4) is 0 Å². The molecule has 0 spiro atoms. The van der Waals surface area contributed by atoms with Gasteiger partial charge in [0, 0.05) is 27.6 Å². The van der Waals surface area contributed by atoms with Crippen molar-refractivity contribution in [3.05, 3.63) is 64.3 Å². The molecule has 2 N–H and O–H groups in total. The largest absolute Gasteiger partial charge is 0.491 e. The van der Waals surface area contributed by atoms with E-state index in [4.69, 9.17) is 18.6 Å². The molecule has 2 heterocycles. The molecule has 1 radical (unpaired) electrons. The molecule has 219 valence electrons. The second-order valence-corrected chi connectivity index (χ2v) is 15.4. The van der Waals surface area contributed by atoms with E-state index >= 15 is 0 Å². The summed E-state index contributed by atoms with van der Waals surface area (Å²) in [5.74, 6) is -1.24. The molecule has 9 heteroatoms. The Bertz CT molecular complexity index is 1510. The Labute approximate surface area is 243 Å². The molecule has 2 aromatic carbocycles. The molecule has 1 fully saturated rings. The lowest BCUT2D eigenvalue weighted by atomic mass is 9.71. The Kier molecular flexibility index (Phi) is 7.26. The lowest BCUT2D eigenvalue weighted by molar-refractivity contribution is -0.160. The number of nitrogens with one attached hydrogen (secondary N) is 1. The lowest BCUT2D eigenvalue weighted by Crippen LogP contribution is -2.48. The third kappa shape index (κ3) is 5.36. The van der Waals surface area contributed by atoms with Crippen LogP contribution in [0, 0.1) is 5.41 Å². The fourth-order valence-corrected chi connectivity index (χ4v) is 7.05. The summed E-state index contributed by atoms with van der Waals surface area (Å²) in [4.78, 5) is 28.6. The number of fused-ring (bicyclic) bond motifs is 4. The fraction of sp³-hybridized carbons (Fsp3) is 0.500. The molecule has 3 atom stereocenters. The van der Waals surface area contributed by atoms with Gasteiger partial charge in [-0.25, -0.2) is 4.79 Å². The highest BCUT2D eigenvalue weighted by Crippen LogP contribution is 2.45. The molecule has 8 nitrogen and oxygen atoms in total. The normalized spacial score (nSPS) is 22.0. The van der Waals surface area contributed by atoms with E-state index in [1.165, 1.54) is 6.07 Å². The van der Waals surface area contributed by atoms with Crippen molar-refractivity contribution in [3.63, 3.8) is 0 Å². The average molecular weight is 579 g/mol. The summed E-state index contributed by atoms with van der Waals surface area (Å²) < 4.78 is 25.4. The van der Waals surface area contributed by atoms with Gasteiger partial charge in [0.25, 0.3) is 0 Å². The number of carboxylic acids is 1. The Morgan fingerprint density at radius 1 is 1.10 bits per heavy atom. The summed E-state index contributed by atoms with van der Waals surface area (Å²) in [5, 5.41) is 10.2. The van der Waals surface area contributed by atoms with Crippen LogP contribution in [-0.2, 0) is 19.3 Å². The average Bonchev–Trinajstić information content (AvgIpc) is 3.41. The van der Waals surface area contributed by atoms with Gasteiger partial charge in [-0.1, -0.05) is 40.7 Å². The van der Waals surface area contributed by atoms with E-state index in [0.29, 0.717) is 22.4 Å². The van der Waals surface area contributed by atoms with Crippen molar-refractivity contribution in [1.29, 1.82) is 0 Å². The Morgan fingerprint density at radius 3 is 2.44 bits per heavy atom. The molecule has 41 heavy (non-hydrogen) atoms. The van der Waals surface area contributed by atoms with Gasteiger partial charge in [-0.05, 0) is 68.3 Å². The molecule has 2 aliphatic rings. The van der Waals surface area contributed by atoms with Gasteiger partial charge in [0.15, 0.2) is 11.6 Å². The molecular weight excluding hydrogens is 538 g/mol. The SMILES string of the molecule is C[Si](C)OC(C1OC(C)(C)OC1COc1ccc2c(c1)C(C)(C)c1[nH]c3cc(C(=O)O)ccc3c1C2=O)C(C)(C)C. The highest BCUT2D eigenvalue weighted by atomic mass is 28.3. The number of benzene rings is 2. The van der Waals surface area contributed by atoms with Crippen molar-refractivity contribution in [2.24, 2.45) is 5.41 Å². The number of aromatic carboxylic acids is 1. The summed E-state index contributed by atoms with van der Waals surface area (Å²) in [7, 11) is -0.988. The number of H-pyrrole nitrogens is 1.